The minimum atomic E-state index is -1.13. The number of aliphatic carboxylic acids is 1. The third-order valence-electron chi connectivity index (χ3n) is 3.82. The number of hydrogen-bond acceptors (Lipinski definition) is 2. The zero-order valence-corrected chi connectivity index (χ0v) is 11.2. The van der Waals surface area contributed by atoms with Crippen molar-refractivity contribution in [3.05, 3.63) is 0 Å². The summed E-state index contributed by atoms with van der Waals surface area (Å²) in [5.74, 6) is -0.677. The van der Waals surface area contributed by atoms with Gasteiger partial charge in [-0.1, -0.05) is 20.3 Å². The molecule has 1 fully saturated rings. The molecule has 4 heteroatoms. The molecule has 1 unspecified atom stereocenters. The van der Waals surface area contributed by atoms with Crippen molar-refractivity contribution in [1.82, 2.24) is 4.90 Å². The van der Waals surface area contributed by atoms with E-state index >= 15 is 0 Å². The van der Waals surface area contributed by atoms with Crippen LogP contribution in [-0.2, 0) is 9.59 Å². The Hall–Kier alpha value is -1.06. The molecule has 1 amide bonds. The van der Waals surface area contributed by atoms with E-state index in [1.54, 1.807) is 11.9 Å². The third kappa shape index (κ3) is 2.61. The highest BCUT2D eigenvalue weighted by atomic mass is 16.4. The molecule has 0 heterocycles. The molecule has 1 rings (SSSR count). The fourth-order valence-corrected chi connectivity index (χ4v) is 2.43. The number of rotatable bonds is 5. The van der Waals surface area contributed by atoms with Crippen LogP contribution in [0.3, 0.4) is 0 Å². The van der Waals surface area contributed by atoms with Gasteiger partial charge in [-0.05, 0) is 32.1 Å². The number of amides is 1. The molecule has 1 aliphatic rings. The largest absolute Gasteiger partial charge is 0.480 e. The van der Waals surface area contributed by atoms with Gasteiger partial charge in [0.25, 0.3) is 0 Å². The molecule has 1 atom stereocenters. The predicted octanol–water partition coefficient (Wildman–Crippen LogP) is 2.13. The van der Waals surface area contributed by atoms with Gasteiger partial charge < -0.3 is 10.0 Å². The molecule has 1 N–H and O–H groups in total. The van der Waals surface area contributed by atoms with Crippen LogP contribution in [0.1, 0.15) is 46.5 Å². The topological polar surface area (TPSA) is 57.6 Å². The van der Waals surface area contributed by atoms with E-state index in [1.165, 1.54) is 0 Å². The molecule has 17 heavy (non-hydrogen) atoms. The van der Waals surface area contributed by atoms with Crippen LogP contribution in [-0.4, -0.2) is 35.0 Å². The number of carbonyl (C=O) groups excluding carboxylic acids is 1. The first-order chi connectivity index (χ1) is 7.81. The van der Waals surface area contributed by atoms with Crippen LogP contribution in [0.5, 0.6) is 0 Å². The van der Waals surface area contributed by atoms with Crippen molar-refractivity contribution >= 4 is 11.9 Å². The maximum Gasteiger partial charge on any atom is 0.319 e. The monoisotopic (exact) mass is 241 g/mol. The Morgan fingerprint density at radius 1 is 1.29 bits per heavy atom. The second-order valence-electron chi connectivity index (χ2n) is 5.64. The lowest BCUT2D eigenvalue weighted by atomic mass is 9.67. The van der Waals surface area contributed by atoms with Gasteiger partial charge >= 0.3 is 5.97 Å². The summed E-state index contributed by atoms with van der Waals surface area (Å²) in [6, 6.07) is 0.0966. The quantitative estimate of drug-likeness (QED) is 0.750. The second-order valence-corrected chi connectivity index (χ2v) is 5.64. The third-order valence-corrected chi connectivity index (χ3v) is 3.82. The molecule has 0 aromatic heterocycles. The predicted molar refractivity (Wildman–Crippen MR) is 65.6 cm³/mol. The number of carboxylic acid groups (broad SMARTS) is 1. The first-order valence-corrected chi connectivity index (χ1v) is 6.32. The lowest BCUT2D eigenvalue weighted by molar-refractivity contribution is -0.167. The maximum atomic E-state index is 12.3. The van der Waals surface area contributed by atoms with Crippen LogP contribution < -0.4 is 0 Å². The number of carboxylic acids is 1. The zero-order chi connectivity index (χ0) is 13.2. The van der Waals surface area contributed by atoms with E-state index in [1.807, 2.05) is 6.92 Å². The molecule has 0 aliphatic heterocycles. The van der Waals surface area contributed by atoms with Gasteiger partial charge in [-0.2, -0.15) is 0 Å². The highest BCUT2D eigenvalue weighted by Crippen LogP contribution is 2.43. The average Bonchev–Trinajstić information content (AvgIpc) is 2.12. The molecule has 98 valence electrons. The van der Waals surface area contributed by atoms with E-state index in [9.17, 15) is 14.7 Å². The van der Waals surface area contributed by atoms with Gasteiger partial charge in [-0.15, -0.1) is 0 Å². The lowest BCUT2D eigenvalue weighted by Gasteiger charge is -2.40. The summed E-state index contributed by atoms with van der Waals surface area (Å²) in [7, 11) is 1.72. The van der Waals surface area contributed by atoms with Crippen molar-refractivity contribution in [2.75, 3.05) is 7.05 Å². The molecule has 0 bridgehead atoms. The van der Waals surface area contributed by atoms with Crippen LogP contribution in [0.25, 0.3) is 0 Å². The fourth-order valence-electron chi connectivity index (χ4n) is 2.43. The first kappa shape index (κ1) is 14.0. The van der Waals surface area contributed by atoms with Crippen molar-refractivity contribution < 1.29 is 14.7 Å². The molecule has 0 spiro atoms. The van der Waals surface area contributed by atoms with E-state index in [-0.39, 0.29) is 11.9 Å². The molecule has 0 aromatic rings. The van der Waals surface area contributed by atoms with Gasteiger partial charge in [0.15, 0.2) is 0 Å². The summed E-state index contributed by atoms with van der Waals surface area (Å²) >= 11 is 0. The number of carbonyl (C=O) groups is 2. The summed E-state index contributed by atoms with van der Waals surface area (Å²) in [6.07, 6.45) is 2.71. The van der Waals surface area contributed by atoms with E-state index in [0.29, 0.717) is 18.8 Å². The van der Waals surface area contributed by atoms with Crippen LogP contribution in [0.2, 0.25) is 0 Å². The molecule has 0 aromatic carbocycles. The Labute approximate surface area is 103 Å². The van der Waals surface area contributed by atoms with Crippen LogP contribution in [0.15, 0.2) is 0 Å². The molecule has 0 radical (unpaired) electrons. The molecule has 1 aliphatic carbocycles. The standard InChI is InChI=1S/C13H23NO3/c1-9(2)8-10(3)14(4)11(15)13(12(16)17)6-5-7-13/h9-10H,5-8H2,1-4H3,(H,16,17). The SMILES string of the molecule is CC(C)CC(C)N(C)C(=O)C1(C(=O)O)CCC1. The van der Waals surface area contributed by atoms with Gasteiger partial charge in [0.2, 0.25) is 5.91 Å². The first-order valence-electron chi connectivity index (χ1n) is 6.32. The molecule has 1 saturated carbocycles. The lowest BCUT2D eigenvalue weighted by Crippen LogP contribution is -2.53. The maximum absolute atomic E-state index is 12.3. The zero-order valence-electron chi connectivity index (χ0n) is 11.2. The average molecular weight is 241 g/mol. The Bertz CT molecular complexity index is 308. The van der Waals surface area contributed by atoms with Gasteiger partial charge in [-0.25, -0.2) is 0 Å². The summed E-state index contributed by atoms with van der Waals surface area (Å²) in [5, 5.41) is 9.22. The van der Waals surface area contributed by atoms with Crippen LogP contribution in [0.4, 0.5) is 0 Å². The normalized spacial score (nSPS) is 19.6. The van der Waals surface area contributed by atoms with Gasteiger partial charge in [0, 0.05) is 13.1 Å². The van der Waals surface area contributed by atoms with E-state index in [4.69, 9.17) is 0 Å². The minimum Gasteiger partial charge on any atom is -0.480 e. The minimum absolute atomic E-state index is 0.0966. The molecule has 4 nitrogen and oxygen atoms in total. The van der Waals surface area contributed by atoms with Crippen molar-refractivity contribution in [1.29, 1.82) is 0 Å². The molecular formula is C13H23NO3. The van der Waals surface area contributed by atoms with Crippen molar-refractivity contribution in [3.8, 4) is 0 Å². The van der Waals surface area contributed by atoms with E-state index in [2.05, 4.69) is 13.8 Å². The fraction of sp³-hybridized carbons (Fsp3) is 0.846. The smallest absolute Gasteiger partial charge is 0.319 e. The van der Waals surface area contributed by atoms with Crippen molar-refractivity contribution in [2.45, 2.75) is 52.5 Å². The molecule has 0 saturated heterocycles. The number of nitrogens with zero attached hydrogens (tertiary/aromatic N) is 1. The Balaban J connectivity index is 2.72. The van der Waals surface area contributed by atoms with E-state index < -0.39 is 11.4 Å². The Kier molecular flexibility index (Phi) is 4.17. The summed E-state index contributed by atoms with van der Waals surface area (Å²) in [4.78, 5) is 25.1. The van der Waals surface area contributed by atoms with E-state index in [0.717, 1.165) is 12.8 Å². The summed E-state index contributed by atoms with van der Waals surface area (Å²) in [5.41, 5.74) is -1.13. The van der Waals surface area contributed by atoms with Gasteiger partial charge in [-0.3, -0.25) is 9.59 Å². The van der Waals surface area contributed by atoms with Gasteiger partial charge in [0.05, 0.1) is 0 Å². The Morgan fingerprint density at radius 2 is 1.82 bits per heavy atom. The summed E-state index contributed by atoms with van der Waals surface area (Å²) < 4.78 is 0. The molecular weight excluding hydrogens is 218 g/mol. The summed E-state index contributed by atoms with van der Waals surface area (Å²) in [6.45, 7) is 6.18. The highest BCUT2D eigenvalue weighted by Gasteiger charge is 2.52. The van der Waals surface area contributed by atoms with Crippen molar-refractivity contribution in [3.63, 3.8) is 0 Å². The van der Waals surface area contributed by atoms with Crippen molar-refractivity contribution in [2.24, 2.45) is 11.3 Å². The highest BCUT2D eigenvalue weighted by molar-refractivity contribution is 6.02. The van der Waals surface area contributed by atoms with Gasteiger partial charge in [0.1, 0.15) is 5.41 Å². The second kappa shape index (κ2) is 5.07. The number of hydrogen-bond donors (Lipinski definition) is 1. The Morgan fingerprint density at radius 3 is 2.12 bits per heavy atom. The van der Waals surface area contributed by atoms with Crippen LogP contribution >= 0.6 is 0 Å². The van der Waals surface area contributed by atoms with Crippen LogP contribution in [0, 0.1) is 11.3 Å².